The van der Waals surface area contributed by atoms with Gasteiger partial charge in [-0.05, 0) is 18.9 Å². The minimum absolute atomic E-state index is 0.0110. The molecule has 1 amide bonds. The van der Waals surface area contributed by atoms with Crippen LogP contribution in [0.1, 0.15) is 17.5 Å². The zero-order valence-electron chi connectivity index (χ0n) is 14.5. The number of carbonyl (C=O) groups excluding carboxylic acids is 1. The smallest absolute Gasteiger partial charge is 0.220 e. The highest BCUT2D eigenvalue weighted by Crippen LogP contribution is 2.17. The summed E-state index contributed by atoms with van der Waals surface area (Å²) in [4.78, 5) is 12.2. The number of sulfonamides is 1. The van der Waals surface area contributed by atoms with E-state index in [9.17, 15) is 13.2 Å². The van der Waals surface area contributed by atoms with Crippen molar-refractivity contribution in [2.75, 3.05) is 33.1 Å². The summed E-state index contributed by atoms with van der Waals surface area (Å²) < 4.78 is 30.6. The van der Waals surface area contributed by atoms with E-state index in [0.717, 1.165) is 5.56 Å². The van der Waals surface area contributed by atoms with Crippen LogP contribution < -0.4 is 5.32 Å². The van der Waals surface area contributed by atoms with Crippen LogP contribution in [0.3, 0.4) is 0 Å². The van der Waals surface area contributed by atoms with Crippen LogP contribution in [-0.4, -0.2) is 57.7 Å². The predicted molar refractivity (Wildman–Crippen MR) is 93.2 cm³/mol. The van der Waals surface area contributed by atoms with E-state index in [1.54, 1.807) is 0 Å². The highest BCUT2D eigenvalue weighted by molar-refractivity contribution is 7.89. The van der Waals surface area contributed by atoms with E-state index < -0.39 is 10.0 Å². The molecule has 1 heterocycles. The van der Waals surface area contributed by atoms with E-state index >= 15 is 0 Å². The van der Waals surface area contributed by atoms with Crippen LogP contribution in [0.5, 0.6) is 0 Å². The van der Waals surface area contributed by atoms with Gasteiger partial charge in [-0.25, -0.2) is 12.7 Å². The van der Waals surface area contributed by atoms with E-state index in [1.165, 1.54) is 24.0 Å². The summed E-state index contributed by atoms with van der Waals surface area (Å²) in [6.45, 7) is 2.75. The normalized spacial score (nSPS) is 21.2. The lowest BCUT2D eigenvalue weighted by molar-refractivity contribution is -0.121. The van der Waals surface area contributed by atoms with Gasteiger partial charge in [-0.2, -0.15) is 0 Å². The first-order chi connectivity index (χ1) is 11.3. The maximum atomic E-state index is 12.2. The summed E-state index contributed by atoms with van der Waals surface area (Å²) in [5.41, 5.74) is 2.31. The van der Waals surface area contributed by atoms with Gasteiger partial charge in [0.15, 0.2) is 0 Å². The highest BCUT2D eigenvalue weighted by atomic mass is 32.2. The molecule has 134 valence electrons. The number of rotatable bonds is 7. The zero-order chi connectivity index (χ0) is 17.7. The molecule has 7 heteroatoms. The van der Waals surface area contributed by atoms with Gasteiger partial charge in [-0.3, -0.25) is 4.79 Å². The Kier molecular flexibility index (Phi) is 6.37. The molecule has 0 spiro atoms. The van der Waals surface area contributed by atoms with Crippen LogP contribution in [-0.2, 0) is 26.0 Å². The van der Waals surface area contributed by atoms with Crippen LogP contribution in [0.15, 0.2) is 24.3 Å². The van der Waals surface area contributed by atoms with Gasteiger partial charge < -0.3 is 10.1 Å². The largest absolute Gasteiger partial charge is 0.379 e. The summed E-state index contributed by atoms with van der Waals surface area (Å²) in [7, 11) is -0.279. The van der Waals surface area contributed by atoms with E-state index in [1.807, 2.05) is 31.2 Å². The maximum Gasteiger partial charge on any atom is 0.220 e. The molecule has 6 nitrogen and oxygen atoms in total. The van der Waals surface area contributed by atoms with Crippen molar-refractivity contribution in [3.05, 3.63) is 35.4 Å². The van der Waals surface area contributed by atoms with Crippen molar-refractivity contribution in [2.45, 2.75) is 25.8 Å². The molecule has 0 bridgehead atoms. The van der Waals surface area contributed by atoms with Crippen molar-refractivity contribution in [1.82, 2.24) is 9.62 Å². The van der Waals surface area contributed by atoms with Crippen LogP contribution in [0.2, 0.25) is 0 Å². The number of aryl methyl sites for hydroxylation is 2. The molecular formula is C17H26N2O4S. The fourth-order valence-electron chi connectivity index (χ4n) is 2.63. The van der Waals surface area contributed by atoms with Gasteiger partial charge in [0.2, 0.25) is 15.9 Å². The monoisotopic (exact) mass is 354 g/mol. The molecule has 1 N–H and O–H groups in total. The first-order valence-corrected chi connectivity index (χ1v) is 9.71. The average Bonchev–Trinajstić information content (AvgIpc) is 2.93. The predicted octanol–water partition coefficient (Wildman–Crippen LogP) is 0.950. The second-order valence-corrected chi connectivity index (χ2v) is 8.75. The number of hydrogen-bond acceptors (Lipinski definition) is 4. The topological polar surface area (TPSA) is 75.7 Å². The Morgan fingerprint density at radius 3 is 2.54 bits per heavy atom. The molecule has 2 rings (SSSR count). The fourth-order valence-corrected chi connectivity index (χ4v) is 3.80. The van der Waals surface area contributed by atoms with Crippen molar-refractivity contribution in [3.63, 3.8) is 0 Å². The Labute approximate surface area is 144 Å². The lowest BCUT2D eigenvalue weighted by Crippen LogP contribution is -2.43. The molecule has 0 aromatic heterocycles. The van der Waals surface area contributed by atoms with Gasteiger partial charge in [0.25, 0.3) is 0 Å². The Balaban J connectivity index is 1.85. The van der Waals surface area contributed by atoms with E-state index in [2.05, 4.69) is 5.32 Å². The Bertz CT molecular complexity index is 656. The molecule has 1 fully saturated rings. The molecule has 1 aromatic rings. The Morgan fingerprint density at radius 1 is 1.25 bits per heavy atom. The van der Waals surface area contributed by atoms with Gasteiger partial charge in [-0.1, -0.05) is 29.8 Å². The van der Waals surface area contributed by atoms with E-state index in [-0.39, 0.29) is 23.6 Å². The molecule has 24 heavy (non-hydrogen) atoms. The summed E-state index contributed by atoms with van der Waals surface area (Å²) in [5.74, 6) is -0.290. The average molecular weight is 354 g/mol. The van der Waals surface area contributed by atoms with Gasteiger partial charge in [0, 0.05) is 26.4 Å². The quantitative estimate of drug-likeness (QED) is 0.791. The van der Waals surface area contributed by atoms with Crippen LogP contribution in [0.25, 0.3) is 0 Å². The van der Waals surface area contributed by atoms with Crippen molar-refractivity contribution < 1.29 is 17.9 Å². The van der Waals surface area contributed by atoms with Crippen molar-refractivity contribution in [3.8, 4) is 0 Å². The number of benzene rings is 1. The molecule has 0 saturated carbocycles. The number of amides is 1. The van der Waals surface area contributed by atoms with Crippen molar-refractivity contribution >= 4 is 15.9 Å². The third-order valence-corrected chi connectivity index (χ3v) is 6.25. The van der Waals surface area contributed by atoms with E-state index in [0.29, 0.717) is 26.1 Å². The molecule has 0 aliphatic carbocycles. The molecule has 0 radical (unpaired) electrons. The lowest BCUT2D eigenvalue weighted by Gasteiger charge is -2.21. The zero-order valence-corrected chi connectivity index (χ0v) is 15.3. The summed E-state index contributed by atoms with van der Waals surface area (Å²) >= 11 is 0. The van der Waals surface area contributed by atoms with Gasteiger partial charge in [0.05, 0.1) is 25.0 Å². The SMILES string of the molecule is Cc1ccc(CCC(=O)N[C@@H]2COC[C@H]2CS(=O)(=O)N(C)C)cc1. The fraction of sp³-hybridized carbons (Fsp3) is 0.588. The molecule has 1 saturated heterocycles. The second kappa shape index (κ2) is 8.09. The van der Waals surface area contributed by atoms with Crippen LogP contribution >= 0.6 is 0 Å². The molecule has 1 aliphatic heterocycles. The first-order valence-electron chi connectivity index (χ1n) is 8.11. The number of nitrogens with one attached hydrogen (secondary N) is 1. The Morgan fingerprint density at radius 2 is 1.92 bits per heavy atom. The third-order valence-electron chi connectivity index (χ3n) is 4.29. The summed E-state index contributed by atoms with van der Waals surface area (Å²) in [6.07, 6.45) is 1.05. The number of hydrogen-bond donors (Lipinski definition) is 1. The highest BCUT2D eigenvalue weighted by Gasteiger charge is 2.33. The molecule has 0 unspecified atom stereocenters. The van der Waals surface area contributed by atoms with Gasteiger partial charge in [-0.15, -0.1) is 0 Å². The molecule has 1 aromatic carbocycles. The standard InChI is InChI=1S/C17H26N2O4S/c1-13-4-6-14(7-5-13)8-9-17(20)18-16-11-23-10-15(16)12-24(21,22)19(2)3/h4-7,15-16H,8-12H2,1-3H3,(H,18,20)/t15-,16+/m0/s1. The molecule has 2 atom stereocenters. The van der Waals surface area contributed by atoms with Crippen molar-refractivity contribution in [1.29, 1.82) is 0 Å². The maximum absolute atomic E-state index is 12.2. The van der Waals surface area contributed by atoms with Crippen LogP contribution in [0, 0.1) is 12.8 Å². The van der Waals surface area contributed by atoms with Crippen molar-refractivity contribution in [2.24, 2.45) is 5.92 Å². The minimum atomic E-state index is -3.31. The summed E-state index contributed by atoms with van der Waals surface area (Å²) in [6, 6.07) is 7.85. The molecular weight excluding hydrogens is 328 g/mol. The van der Waals surface area contributed by atoms with E-state index in [4.69, 9.17) is 4.74 Å². The number of ether oxygens (including phenoxy) is 1. The number of nitrogens with zero attached hydrogens (tertiary/aromatic N) is 1. The Hall–Kier alpha value is -1.44. The van der Waals surface area contributed by atoms with Crippen LogP contribution in [0.4, 0.5) is 0 Å². The summed E-state index contributed by atoms with van der Waals surface area (Å²) in [5, 5.41) is 2.93. The molecule has 1 aliphatic rings. The third kappa shape index (κ3) is 5.29. The van der Waals surface area contributed by atoms with Gasteiger partial charge in [0.1, 0.15) is 0 Å². The number of carbonyl (C=O) groups is 1. The lowest BCUT2D eigenvalue weighted by atomic mass is 10.0. The van der Waals surface area contributed by atoms with Gasteiger partial charge >= 0.3 is 0 Å². The second-order valence-electron chi connectivity index (χ2n) is 6.52. The minimum Gasteiger partial charge on any atom is -0.379 e. The first kappa shape index (κ1) is 18.9.